The molecule has 3 rings (SSSR count). The highest BCUT2D eigenvalue weighted by atomic mass is 16.3. The van der Waals surface area contributed by atoms with Crippen LogP contribution in [0.1, 0.15) is 30.4 Å². The lowest BCUT2D eigenvalue weighted by Crippen LogP contribution is -2.38. The third kappa shape index (κ3) is 1.49. The Balaban J connectivity index is 2.27. The van der Waals surface area contributed by atoms with Gasteiger partial charge in [-0.2, -0.15) is 0 Å². The van der Waals surface area contributed by atoms with Crippen molar-refractivity contribution in [3.8, 4) is 0 Å². The maximum absolute atomic E-state index is 9.72. The van der Waals surface area contributed by atoms with Crippen molar-refractivity contribution in [2.45, 2.75) is 31.6 Å². The predicted octanol–water partition coefficient (Wildman–Crippen LogP) is 3.56. The van der Waals surface area contributed by atoms with Gasteiger partial charge in [-0.25, -0.2) is 0 Å². The van der Waals surface area contributed by atoms with E-state index in [4.69, 9.17) is 0 Å². The van der Waals surface area contributed by atoms with E-state index in [0.29, 0.717) is 0 Å². The van der Waals surface area contributed by atoms with Crippen LogP contribution in [0.5, 0.6) is 0 Å². The maximum Gasteiger partial charge on any atom is 0.0528 e. The van der Waals surface area contributed by atoms with Gasteiger partial charge in [0.15, 0.2) is 0 Å². The molecule has 0 radical (unpaired) electrons. The monoisotopic (exact) mass is 226 g/mol. The lowest BCUT2D eigenvalue weighted by Gasteiger charge is -2.41. The van der Waals surface area contributed by atoms with Gasteiger partial charge in [0.25, 0.3) is 0 Å². The van der Waals surface area contributed by atoms with E-state index >= 15 is 0 Å². The van der Waals surface area contributed by atoms with Crippen LogP contribution in [-0.2, 0) is 5.41 Å². The van der Waals surface area contributed by atoms with Gasteiger partial charge in [0.05, 0.1) is 6.61 Å². The van der Waals surface area contributed by atoms with Crippen molar-refractivity contribution in [3.63, 3.8) is 0 Å². The van der Waals surface area contributed by atoms with Gasteiger partial charge < -0.3 is 5.11 Å². The average Bonchev–Trinajstić information content (AvgIpc) is 2.32. The summed E-state index contributed by atoms with van der Waals surface area (Å²) in [5, 5.41) is 12.4. The molecule has 0 atom stereocenters. The van der Waals surface area contributed by atoms with Crippen LogP contribution in [0.25, 0.3) is 10.8 Å². The molecule has 17 heavy (non-hydrogen) atoms. The summed E-state index contributed by atoms with van der Waals surface area (Å²) in [6.07, 6.45) is 3.48. The Morgan fingerprint density at radius 3 is 2.35 bits per heavy atom. The molecule has 1 aliphatic rings. The van der Waals surface area contributed by atoms with Crippen molar-refractivity contribution in [1.29, 1.82) is 0 Å². The van der Waals surface area contributed by atoms with Crippen LogP contribution in [0, 0.1) is 6.92 Å². The zero-order valence-electron chi connectivity index (χ0n) is 10.2. The summed E-state index contributed by atoms with van der Waals surface area (Å²) in [6.45, 7) is 2.43. The van der Waals surface area contributed by atoms with E-state index in [9.17, 15) is 5.11 Å². The summed E-state index contributed by atoms with van der Waals surface area (Å²) in [6, 6.07) is 13.0. The zero-order chi connectivity index (χ0) is 11.9. The topological polar surface area (TPSA) is 20.2 Å². The molecule has 0 heterocycles. The number of hydrogen-bond acceptors (Lipinski definition) is 1. The summed E-state index contributed by atoms with van der Waals surface area (Å²) in [4.78, 5) is 0. The number of benzene rings is 2. The van der Waals surface area contributed by atoms with Crippen LogP contribution < -0.4 is 0 Å². The second-order valence-corrected chi connectivity index (χ2v) is 5.27. The van der Waals surface area contributed by atoms with Gasteiger partial charge in [0.1, 0.15) is 0 Å². The first-order chi connectivity index (χ1) is 8.27. The predicted molar refractivity (Wildman–Crippen MR) is 71.3 cm³/mol. The van der Waals surface area contributed by atoms with Crippen molar-refractivity contribution in [1.82, 2.24) is 0 Å². The molecule has 0 spiro atoms. The Hall–Kier alpha value is -1.34. The maximum atomic E-state index is 9.72. The highest BCUT2D eigenvalue weighted by molar-refractivity contribution is 5.89. The van der Waals surface area contributed by atoms with E-state index in [-0.39, 0.29) is 12.0 Å². The van der Waals surface area contributed by atoms with Crippen LogP contribution in [0.2, 0.25) is 0 Å². The second-order valence-electron chi connectivity index (χ2n) is 5.27. The standard InChI is InChI=1S/C16H18O/c1-12-7-8-15(16(11-17)9-4-10-16)14-6-3-2-5-13(12)14/h2-3,5-8,17H,4,9-11H2,1H3. The molecule has 2 aromatic rings. The highest BCUT2D eigenvalue weighted by Crippen LogP contribution is 2.46. The molecule has 0 unspecified atom stereocenters. The zero-order valence-corrected chi connectivity index (χ0v) is 10.2. The van der Waals surface area contributed by atoms with E-state index in [1.165, 1.54) is 28.3 Å². The van der Waals surface area contributed by atoms with E-state index in [1.54, 1.807) is 0 Å². The van der Waals surface area contributed by atoms with Crippen molar-refractivity contribution < 1.29 is 5.11 Å². The fourth-order valence-electron chi connectivity index (χ4n) is 3.03. The molecule has 88 valence electrons. The summed E-state index contributed by atoms with van der Waals surface area (Å²) < 4.78 is 0. The van der Waals surface area contributed by atoms with Crippen LogP contribution in [0.15, 0.2) is 36.4 Å². The SMILES string of the molecule is Cc1ccc(C2(CO)CCC2)c2ccccc12. The molecule has 0 saturated heterocycles. The molecule has 1 aliphatic carbocycles. The minimum absolute atomic E-state index is 0.0350. The number of aryl methyl sites for hydroxylation is 1. The molecule has 0 aromatic heterocycles. The molecule has 0 aliphatic heterocycles. The molecule has 1 heteroatoms. The minimum Gasteiger partial charge on any atom is -0.395 e. The molecular weight excluding hydrogens is 208 g/mol. The van der Waals surface area contributed by atoms with Crippen molar-refractivity contribution >= 4 is 10.8 Å². The number of aliphatic hydroxyl groups is 1. The number of rotatable bonds is 2. The minimum atomic E-state index is 0.0350. The molecule has 1 fully saturated rings. The molecule has 2 aromatic carbocycles. The van der Waals surface area contributed by atoms with Crippen molar-refractivity contribution in [3.05, 3.63) is 47.5 Å². The third-order valence-electron chi connectivity index (χ3n) is 4.33. The summed E-state index contributed by atoms with van der Waals surface area (Å²) in [5.41, 5.74) is 2.69. The van der Waals surface area contributed by atoms with Gasteiger partial charge in [-0.15, -0.1) is 0 Å². The van der Waals surface area contributed by atoms with Crippen LogP contribution in [0.3, 0.4) is 0 Å². The number of aliphatic hydroxyl groups excluding tert-OH is 1. The van der Waals surface area contributed by atoms with Crippen molar-refractivity contribution in [2.24, 2.45) is 0 Å². The quantitative estimate of drug-likeness (QED) is 0.830. The fraction of sp³-hybridized carbons (Fsp3) is 0.375. The fourth-order valence-corrected chi connectivity index (χ4v) is 3.03. The van der Waals surface area contributed by atoms with Gasteiger partial charge >= 0.3 is 0 Å². The lowest BCUT2D eigenvalue weighted by molar-refractivity contribution is 0.121. The van der Waals surface area contributed by atoms with Crippen LogP contribution >= 0.6 is 0 Å². The Labute approximate surface area is 102 Å². The summed E-state index contributed by atoms with van der Waals surface area (Å²) >= 11 is 0. The van der Waals surface area contributed by atoms with Gasteiger partial charge in [0, 0.05) is 5.41 Å². The smallest absolute Gasteiger partial charge is 0.0528 e. The van der Waals surface area contributed by atoms with Gasteiger partial charge in [-0.3, -0.25) is 0 Å². The van der Waals surface area contributed by atoms with Crippen LogP contribution in [0.4, 0.5) is 0 Å². The summed E-state index contributed by atoms with van der Waals surface area (Å²) in [5.74, 6) is 0. The Morgan fingerprint density at radius 1 is 1.06 bits per heavy atom. The Morgan fingerprint density at radius 2 is 1.76 bits per heavy atom. The Bertz CT molecular complexity index is 547. The van der Waals surface area contributed by atoms with Crippen molar-refractivity contribution in [2.75, 3.05) is 6.61 Å². The van der Waals surface area contributed by atoms with E-state index in [0.717, 1.165) is 12.8 Å². The largest absolute Gasteiger partial charge is 0.395 e. The first-order valence-corrected chi connectivity index (χ1v) is 6.36. The third-order valence-corrected chi connectivity index (χ3v) is 4.33. The molecule has 0 amide bonds. The number of hydrogen-bond donors (Lipinski definition) is 1. The first kappa shape index (κ1) is 10.8. The van der Waals surface area contributed by atoms with Gasteiger partial charge in [-0.05, 0) is 41.7 Å². The summed E-state index contributed by atoms with van der Waals surface area (Å²) in [7, 11) is 0. The molecule has 1 N–H and O–H groups in total. The molecule has 1 saturated carbocycles. The van der Waals surface area contributed by atoms with E-state index in [1.807, 2.05) is 0 Å². The lowest BCUT2D eigenvalue weighted by atomic mass is 9.64. The molecular formula is C16H18O. The van der Waals surface area contributed by atoms with E-state index < -0.39 is 0 Å². The van der Waals surface area contributed by atoms with Gasteiger partial charge in [-0.1, -0.05) is 42.8 Å². The molecule has 0 bridgehead atoms. The molecule has 1 nitrogen and oxygen atoms in total. The number of fused-ring (bicyclic) bond motifs is 1. The normalized spacial score (nSPS) is 18.0. The first-order valence-electron chi connectivity index (χ1n) is 6.36. The van der Waals surface area contributed by atoms with E-state index in [2.05, 4.69) is 43.3 Å². The second kappa shape index (κ2) is 3.85. The Kier molecular flexibility index (Phi) is 2.44. The average molecular weight is 226 g/mol. The highest BCUT2D eigenvalue weighted by Gasteiger charge is 2.39. The van der Waals surface area contributed by atoms with Crippen LogP contribution in [-0.4, -0.2) is 11.7 Å². The van der Waals surface area contributed by atoms with Gasteiger partial charge in [0.2, 0.25) is 0 Å².